The zero-order valence-electron chi connectivity index (χ0n) is 11.2. The molecule has 6 nitrogen and oxygen atoms in total. The van der Waals surface area contributed by atoms with Crippen LogP contribution in [0.4, 0.5) is 0 Å². The van der Waals surface area contributed by atoms with E-state index in [0.717, 1.165) is 17.5 Å². The number of benzene rings is 1. The Hall–Kier alpha value is -2.63. The van der Waals surface area contributed by atoms with E-state index >= 15 is 0 Å². The van der Waals surface area contributed by atoms with E-state index in [1.54, 1.807) is 7.11 Å². The van der Waals surface area contributed by atoms with Crippen LogP contribution in [-0.4, -0.2) is 23.0 Å². The van der Waals surface area contributed by atoms with Gasteiger partial charge in [-0.1, -0.05) is 12.1 Å². The Labute approximate surface area is 115 Å². The second kappa shape index (κ2) is 6.01. The maximum Gasteiger partial charge on any atom is 0.271 e. The molecule has 2 N–H and O–H groups in total. The molecule has 0 aliphatic rings. The first-order valence-electron chi connectivity index (χ1n) is 6.09. The number of methoxy groups -OCH3 is 1. The van der Waals surface area contributed by atoms with Crippen molar-refractivity contribution in [1.82, 2.24) is 15.3 Å². The zero-order valence-corrected chi connectivity index (χ0v) is 11.2. The Morgan fingerprint density at radius 1 is 1.35 bits per heavy atom. The minimum Gasteiger partial charge on any atom is -0.497 e. The molecule has 104 valence electrons. The number of hydrogen-bond donors (Lipinski definition) is 2. The smallest absolute Gasteiger partial charge is 0.271 e. The van der Waals surface area contributed by atoms with Crippen LogP contribution >= 0.6 is 0 Å². The van der Waals surface area contributed by atoms with Crippen molar-refractivity contribution in [2.45, 2.75) is 13.0 Å². The molecular formula is C14H15N3O3. The molecule has 0 bridgehead atoms. The maximum atomic E-state index is 11.9. The summed E-state index contributed by atoms with van der Waals surface area (Å²) >= 11 is 0. The molecule has 1 aromatic heterocycles. The van der Waals surface area contributed by atoms with Crippen molar-refractivity contribution in [2.75, 3.05) is 7.11 Å². The molecule has 0 aliphatic heterocycles. The molecule has 2 aromatic rings. The molecule has 1 aromatic carbocycles. The summed E-state index contributed by atoms with van der Waals surface area (Å²) in [6, 6.07) is 7.24. The molecule has 1 heterocycles. The molecular weight excluding hydrogens is 258 g/mol. The average molecular weight is 273 g/mol. The molecule has 0 saturated heterocycles. The summed E-state index contributed by atoms with van der Waals surface area (Å²) < 4.78 is 5.08. The van der Waals surface area contributed by atoms with Gasteiger partial charge in [0.15, 0.2) is 0 Å². The van der Waals surface area contributed by atoms with E-state index in [0.29, 0.717) is 0 Å². The molecule has 20 heavy (non-hydrogen) atoms. The molecule has 6 heteroatoms. The van der Waals surface area contributed by atoms with Crippen molar-refractivity contribution in [1.29, 1.82) is 0 Å². The number of H-pyrrole nitrogens is 1. The molecule has 1 unspecified atom stereocenters. The second-order valence-corrected chi connectivity index (χ2v) is 4.26. The first-order valence-corrected chi connectivity index (χ1v) is 6.09. The molecule has 2 rings (SSSR count). The summed E-state index contributed by atoms with van der Waals surface area (Å²) in [5.41, 5.74) is 0.776. The number of ether oxygens (including phenoxy) is 1. The van der Waals surface area contributed by atoms with Crippen LogP contribution < -0.4 is 15.6 Å². The van der Waals surface area contributed by atoms with Crippen LogP contribution in [-0.2, 0) is 0 Å². The van der Waals surface area contributed by atoms with Crippen molar-refractivity contribution in [3.63, 3.8) is 0 Å². The number of amides is 1. The lowest BCUT2D eigenvalue weighted by atomic mass is 10.1. The molecule has 0 saturated carbocycles. The Balaban J connectivity index is 2.06. The van der Waals surface area contributed by atoms with E-state index in [9.17, 15) is 9.59 Å². The normalized spacial score (nSPS) is 11.7. The lowest BCUT2D eigenvalue weighted by Crippen LogP contribution is -2.28. The van der Waals surface area contributed by atoms with Gasteiger partial charge in [-0.25, -0.2) is 4.98 Å². The van der Waals surface area contributed by atoms with Gasteiger partial charge in [-0.2, -0.15) is 0 Å². The first kappa shape index (κ1) is 13.8. The Morgan fingerprint density at radius 3 is 2.60 bits per heavy atom. The van der Waals surface area contributed by atoms with Gasteiger partial charge in [0.05, 0.1) is 19.3 Å². The Kier molecular flexibility index (Phi) is 4.14. The third-order valence-electron chi connectivity index (χ3n) is 2.87. The van der Waals surface area contributed by atoms with Gasteiger partial charge in [0.2, 0.25) is 0 Å². The fourth-order valence-corrected chi connectivity index (χ4v) is 1.71. The van der Waals surface area contributed by atoms with Crippen molar-refractivity contribution < 1.29 is 9.53 Å². The highest BCUT2D eigenvalue weighted by Gasteiger charge is 2.12. The number of carbonyl (C=O) groups is 1. The van der Waals surface area contributed by atoms with Gasteiger partial charge in [-0.05, 0) is 24.6 Å². The first-order chi connectivity index (χ1) is 9.60. The summed E-state index contributed by atoms with van der Waals surface area (Å²) in [4.78, 5) is 29.0. The zero-order chi connectivity index (χ0) is 14.5. The highest BCUT2D eigenvalue weighted by Crippen LogP contribution is 2.17. The van der Waals surface area contributed by atoms with E-state index in [1.807, 2.05) is 31.2 Å². The minimum absolute atomic E-state index is 0.171. The second-order valence-electron chi connectivity index (χ2n) is 4.26. The topological polar surface area (TPSA) is 84.1 Å². The van der Waals surface area contributed by atoms with Crippen LogP contribution in [0.15, 0.2) is 41.5 Å². The van der Waals surface area contributed by atoms with Crippen molar-refractivity contribution >= 4 is 5.91 Å². The summed E-state index contributed by atoms with van der Waals surface area (Å²) in [6.07, 6.45) is 2.37. The van der Waals surface area contributed by atoms with Gasteiger partial charge in [0.1, 0.15) is 11.4 Å². The number of aromatic amines is 1. The minimum atomic E-state index is -0.343. The average Bonchev–Trinajstić information content (AvgIpc) is 2.48. The fraction of sp³-hybridized carbons (Fsp3) is 0.214. The van der Waals surface area contributed by atoms with Gasteiger partial charge in [0, 0.05) is 6.20 Å². The Bertz CT molecular complexity index is 629. The summed E-state index contributed by atoms with van der Waals surface area (Å²) in [5, 5.41) is 2.81. The van der Waals surface area contributed by atoms with E-state index < -0.39 is 0 Å². The van der Waals surface area contributed by atoms with Crippen LogP contribution in [0.1, 0.15) is 29.0 Å². The number of aromatic nitrogens is 2. The monoisotopic (exact) mass is 273 g/mol. The van der Waals surface area contributed by atoms with Gasteiger partial charge >= 0.3 is 0 Å². The van der Waals surface area contributed by atoms with Crippen LogP contribution in [0.5, 0.6) is 5.75 Å². The van der Waals surface area contributed by atoms with Gasteiger partial charge in [-0.15, -0.1) is 0 Å². The summed E-state index contributed by atoms with van der Waals surface area (Å²) in [5.74, 6) is 0.416. The molecule has 0 aliphatic carbocycles. The summed E-state index contributed by atoms with van der Waals surface area (Å²) in [6.45, 7) is 1.87. The third-order valence-corrected chi connectivity index (χ3v) is 2.87. The number of rotatable bonds is 4. The van der Waals surface area contributed by atoms with Crippen LogP contribution in [0.3, 0.4) is 0 Å². The van der Waals surface area contributed by atoms with E-state index in [1.165, 1.54) is 6.20 Å². The molecule has 1 atom stereocenters. The van der Waals surface area contributed by atoms with Gasteiger partial charge < -0.3 is 15.0 Å². The van der Waals surface area contributed by atoms with Crippen LogP contribution in [0.2, 0.25) is 0 Å². The predicted molar refractivity (Wildman–Crippen MR) is 73.7 cm³/mol. The molecule has 0 spiro atoms. The quantitative estimate of drug-likeness (QED) is 0.878. The van der Waals surface area contributed by atoms with Crippen molar-refractivity contribution in [3.8, 4) is 5.75 Å². The van der Waals surface area contributed by atoms with Crippen LogP contribution in [0.25, 0.3) is 0 Å². The molecule has 0 radical (unpaired) electrons. The molecule has 0 fully saturated rings. The third kappa shape index (κ3) is 3.23. The lowest BCUT2D eigenvalue weighted by Gasteiger charge is -2.14. The SMILES string of the molecule is COc1ccc(C(C)NC(=O)c2c[nH]c(=O)cn2)cc1. The van der Waals surface area contributed by atoms with E-state index in [2.05, 4.69) is 15.3 Å². The standard InChI is InChI=1S/C14H15N3O3/c1-9(10-3-5-11(20-2)6-4-10)17-14(19)12-7-16-13(18)8-15-12/h3-9H,1-2H3,(H,16,18)(H,17,19). The highest BCUT2D eigenvalue weighted by atomic mass is 16.5. The van der Waals surface area contributed by atoms with E-state index in [-0.39, 0.29) is 23.2 Å². The number of carbonyl (C=O) groups excluding carboxylic acids is 1. The predicted octanol–water partition coefficient (Wildman–Crippen LogP) is 1.27. The van der Waals surface area contributed by atoms with E-state index in [4.69, 9.17) is 4.74 Å². The van der Waals surface area contributed by atoms with Gasteiger partial charge in [-0.3, -0.25) is 9.59 Å². The van der Waals surface area contributed by atoms with Gasteiger partial charge in [0.25, 0.3) is 11.5 Å². The highest BCUT2D eigenvalue weighted by molar-refractivity contribution is 5.92. The lowest BCUT2D eigenvalue weighted by molar-refractivity contribution is 0.0934. The number of nitrogens with one attached hydrogen (secondary N) is 2. The maximum absolute atomic E-state index is 11.9. The largest absolute Gasteiger partial charge is 0.497 e. The summed E-state index contributed by atoms with van der Waals surface area (Å²) in [7, 11) is 1.60. The Morgan fingerprint density at radius 2 is 2.05 bits per heavy atom. The number of nitrogens with zero attached hydrogens (tertiary/aromatic N) is 1. The van der Waals surface area contributed by atoms with Crippen LogP contribution in [0, 0.1) is 0 Å². The fourth-order valence-electron chi connectivity index (χ4n) is 1.71. The molecule has 1 amide bonds. The van der Waals surface area contributed by atoms with Crippen molar-refractivity contribution in [2.24, 2.45) is 0 Å². The van der Waals surface area contributed by atoms with Crippen molar-refractivity contribution in [3.05, 3.63) is 58.3 Å². The number of hydrogen-bond acceptors (Lipinski definition) is 4.